The van der Waals surface area contributed by atoms with E-state index in [2.05, 4.69) is 20.4 Å². The normalized spacial score (nSPS) is 13.7. The lowest BCUT2D eigenvalue weighted by Crippen LogP contribution is -2.30. The van der Waals surface area contributed by atoms with Gasteiger partial charge in [0.1, 0.15) is 28.5 Å². The van der Waals surface area contributed by atoms with E-state index in [1.807, 2.05) is 54.6 Å². The van der Waals surface area contributed by atoms with E-state index in [9.17, 15) is 4.79 Å². The van der Waals surface area contributed by atoms with Crippen LogP contribution in [0.3, 0.4) is 0 Å². The largest absolute Gasteiger partial charge is 0.497 e. The standard InChI is InChI=1S/C27H29N5O3/c1-34-21-12-8-9-19(17-21)18-28-23(33)14-13-22-29-26(32-15-6-3-7-16-32)24-25(31-35-27(24)30-22)20-10-4-2-5-11-20/h2,4-5,8-12,17H,3,6-7,13-16,18H2,1H3,(H,28,33). The predicted molar refractivity (Wildman–Crippen MR) is 134 cm³/mol. The number of benzene rings is 2. The van der Waals surface area contributed by atoms with Crippen molar-refractivity contribution in [3.63, 3.8) is 0 Å². The number of piperidine rings is 1. The third kappa shape index (κ3) is 5.26. The topological polar surface area (TPSA) is 93.4 Å². The Balaban J connectivity index is 1.35. The van der Waals surface area contributed by atoms with Crippen molar-refractivity contribution in [3.05, 3.63) is 66.0 Å². The first kappa shape index (κ1) is 22.8. The molecule has 35 heavy (non-hydrogen) atoms. The van der Waals surface area contributed by atoms with Crippen molar-refractivity contribution >= 4 is 22.8 Å². The summed E-state index contributed by atoms with van der Waals surface area (Å²) in [5, 5.41) is 8.14. The Hall–Kier alpha value is -3.94. The van der Waals surface area contributed by atoms with Crippen LogP contribution in [0, 0.1) is 0 Å². The smallest absolute Gasteiger partial charge is 0.263 e. The number of carbonyl (C=O) groups excluding carboxylic acids is 1. The van der Waals surface area contributed by atoms with Crippen molar-refractivity contribution in [1.82, 2.24) is 20.4 Å². The fourth-order valence-electron chi connectivity index (χ4n) is 4.42. The molecule has 1 fully saturated rings. The molecular formula is C27H29N5O3. The first-order valence-electron chi connectivity index (χ1n) is 12.1. The minimum atomic E-state index is -0.0569. The molecule has 0 saturated carbocycles. The van der Waals surface area contributed by atoms with Crippen molar-refractivity contribution in [2.75, 3.05) is 25.1 Å². The van der Waals surface area contributed by atoms with E-state index in [-0.39, 0.29) is 12.3 Å². The number of anilines is 1. The van der Waals surface area contributed by atoms with Gasteiger partial charge in [0, 0.05) is 38.0 Å². The van der Waals surface area contributed by atoms with Crippen LogP contribution in [-0.2, 0) is 17.8 Å². The van der Waals surface area contributed by atoms with Crippen molar-refractivity contribution in [2.24, 2.45) is 0 Å². The van der Waals surface area contributed by atoms with E-state index in [1.165, 1.54) is 6.42 Å². The van der Waals surface area contributed by atoms with Crippen LogP contribution in [-0.4, -0.2) is 41.2 Å². The molecule has 1 saturated heterocycles. The first-order chi connectivity index (χ1) is 17.2. The second-order valence-corrected chi connectivity index (χ2v) is 8.72. The van der Waals surface area contributed by atoms with Gasteiger partial charge in [0.05, 0.1) is 7.11 Å². The van der Waals surface area contributed by atoms with E-state index in [0.717, 1.165) is 59.7 Å². The molecule has 0 aliphatic carbocycles. The lowest BCUT2D eigenvalue weighted by Gasteiger charge is -2.28. The summed E-state index contributed by atoms with van der Waals surface area (Å²) >= 11 is 0. The summed E-state index contributed by atoms with van der Waals surface area (Å²) in [6.07, 6.45) is 4.18. The summed E-state index contributed by atoms with van der Waals surface area (Å²) in [6.45, 7) is 2.31. The minimum Gasteiger partial charge on any atom is -0.497 e. The molecule has 2 aromatic carbocycles. The lowest BCUT2D eigenvalue weighted by atomic mass is 10.1. The van der Waals surface area contributed by atoms with Gasteiger partial charge in [0.25, 0.3) is 5.71 Å². The third-order valence-electron chi connectivity index (χ3n) is 6.27. The Morgan fingerprint density at radius 1 is 1.06 bits per heavy atom. The zero-order chi connectivity index (χ0) is 24.0. The van der Waals surface area contributed by atoms with Gasteiger partial charge in [-0.15, -0.1) is 0 Å². The van der Waals surface area contributed by atoms with Crippen LogP contribution in [0.4, 0.5) is 5.82 Å². The Bertz CT molecular complexity index is 1300. The number of aryl methyl sites for hydroxylation is 1. The fourth-order valence-corrected chi connectivity index (χ4v) is 4.42. The van der Waals surface area contributed by atoms with Gasteiger partial charge >= 0.3 is 0 Å². The van der Waals surface area contributed by atoms with Crippen LogP contribution in [0.1, 0.15) is 37.1 Å². The number of nitrogens with zero attached hydrogens (tertiary/aromatic N) is 4. The van der Waals surface area contributed by atoms with E-state index < -0.39 is 0 Å². The highest BCUT2D eigenvalue weighted by Crippen LogP contribution is 2.34. The fraction of sp³-hybridized carbons (Fsp3) is 0.333. The SMILES string of the molecule is COc1cccc(CNC(=O)CCc2nc(N3CCCCC3)c3c(-c4ccccc4)noc3n2)c1. The molecule has 8 heteroatoms. The summed E-state index contributed by atoms with van der Waals surface area (Å²) < 4.78 is 10.9. The lowest BCUT2D eigenvalue weighted by molar-refractivity contribution is -0.121. The molecule has 0 spiro atoms. The molecule has 1 amide bonds. The molecule has 3 heterocycles. The van der Waals surface area contributed by atoms with Gasteiger partial charge in [-0.1, -0.05) is 47.6 Å². The Labute approximate surface area is 204 Å². The van der Waals surface area contributed by atoms with Gasteiger partial charge in [-0.3, -0.25) is 4.79 Å². The van der Waals surface area contributed by atoms with Crippen LogP contribution < -0.4 is 15.0 Å². The zero-order valence-electron chi connectivity index (χ0n) is 19.9. The molecule has 0 radical (unpaired) electrons. The van der Waals surface area contributed by atoms with E-state index >= 15 is 0 Å². The number of rotatable bonds is 8. The minimum absolute atomic E-state index is 0.0569. The van der Waals surface area contributed by atoms with Crippen molar-refractivity contribution in [3.8, 4) is 17.0 Å². The summed E-state index contributed by atoms with van der Waals surface area (Å²) in [5.41, 5.74) is 3.17. The van der Waals surface area contributed by atoms with Crippen LogP contribution in [0.2, 0.25) is 0 Å². The first-order valence-corrected chi connectivity index (χ1v) is 12.1. The highest BCUT2D eigenvalue weighted by atomic mass is 16.5. The van der Waals surface area contributed by atoms with Gasteiger partial charge < -0.3 is 19.5 Å². The maximum atomic E-state index is 12.5. The molecule has 1 aliphatic rings. The highest BCUT2D eigenvalue weighted by Gasteiger charge is 2.23. The maximum Gasteiger partial charge on any atom is 0.263 e. The number of fused-ring (bicyclic) bond motifs is 1. The summed E-state index contributed by atoms with van der Waals surface area (Å²) in [7, 11) is 1.63. The van der Waals surface area contributed by atoms with Crippen molar-refractivity contribution < 1.29 is 14.1 Å². The number of methoxy groups -OCH3 is 1. The Morgan fingerprint density at radius 2 is 1.89 bits per heavy atom. The summed E-state index contributed by atoms with van der Waals surface area (Å²) in [5.74, 6) is 2.15. The molecule has 1 N–H and O–H groups in total. The molecule has 1 aliphatic heterocycles. The molecule has 4 aromatic rings. The molecule has 0 unspecified atom stereocenters. The van der Waals surface area contributed by atoms with Crippen molar-refractivity contribution in [1.29, 1.82) is 0 Å². The number of hydrogen-bond donors (Lipinski definition) is 1. The molecule has 180 valence electrons. The molecule has 2 aromatic heterocycles. The third-order valence-corrected chi connectivity index (χ3v) is 6.27. The highest BCUT2D eigenvalue weighted by molar-refractivity contribution is 5.98. The maximum absolute atomic E-state index is 12.5. The second-order valence-electron chi connectivity index (χ2n) is 8.72. The number of nitrogens with one attached hydrogen (secondary N) is 1. The number of hydrogen-bond acceptors (Lipinski definition) is 7. The van der Waals surface area contributed by atoms with Gasteiger partial charge in [0.15, 0.2) is 0 Å². The number of ether oxygens (including phenoxy) is 1. The Morgan fingerprint density at radius 3 is 2.69 bits per heavy atom. The number of carbonyl (C=O) groups is 1. The molecule has 0 atom stereocenters. The molecule has 0 bridgehead atoms. The van der Waals surface area contributed by atoms with Gasteiger partial charge in [0.2, 0.25) is 5.91 Å². The van der Waals surface area contributed by atoms with E-state index in [0.29, 0.717) is 24.5 Å². The van der Waals surface area contributed by atoms with Gasteiger partial charge in [-0.25, -0.2) is 4.98 Å². The summed E-state index contributed by atoms with van der Waals surface area (Å²) in [6, 6.07) is 17.6. The van der Waals surface area contributed by atoms with E-state index in [4.69, 9.17) is 14.2 Å². The average molecular weight is 472 g/mol. The zero-order valence-corrected chi connectivity index (χ0v) is 19.9. The molecule has 5 rings (SSSR count). The average Bonchev–Trinajstić information content (AvgIpc) is 3.35. The number of aromatic nitrogens is 3. The second kappa shape index (κ2) is 10.5. The number of amides is 1. The van der Waals surface area contributed by atoms with Crippen LogP contribution in [0.15, 0.2) is 59.1 Å². The quantitative estimate of drug-likeness (QED) is 0.403. The molecular weight excluding hydrogens is 442 g/mol. The van der Waals surface area contributed by atoms with Gasteiger partial charge in [-0.05, 0) is 37.0 Å². The van der Waals surface area contributed by atoms with Crippen LogP contribution >= 0.6 is 0 Å². The summed E-state index contributed by atoms with van der Waals surface area (Å²) in [4.78, 5) is 24.4. The van der Waals surface area contributed by atoms with Gasteiger partial charge in [-0.2, -0.15) is 4.98 Å². The monoisotopic (exact) mass is 471 g/mol. The Kier molecular flexibility index (Phi) is 6.88. The predicted octanol–water partition coefficient (Wildman–Crippen LogP) is 4.53. The van der Waals surface area contributed by atoms with Crippen LogP contribution in [0.25, 0.3) is 22.4 Å². The molecule has 8 nitrogen and oxygen atoms in total. The van der Waals surface area contributed by atoms with Crippen molar-refractivity contribution in [2.45, 2.75) is 38.6 Å². The van der Waals surface area contributed by atoms with Crippen LogP contribution in [0.5, 0.6) is 5.75 Å². The van der Waals surface area contributed by atoms with E-state index in [1.54, 1.807) is 7.11 Å².